The fourth-order valence-electron chi connectivity index (χ4n) is 2.04. The number of hydrogen-bond donors (Lipinski definition) is 1. The van der Waals surface area contributed by atoms with E-state index in [1.807, 2.05) is 37.4 Å². The maximum Gasteiger partial charge on any atom is 0.124 e. The van der Waals surface area contributed by atoms with Gasteiger partial charge in [0.05, 0.1) is 0 Å². The molecule has 0 fully saturated rings. The molecule has 1 nitrogen and oxygen atoms in total. The van der Waals surface area contributed by atoms with Crippen molar-refractivity contribution in [3.05, 3.63) is 68.0 Å². The average molecular weight is 390 g/mol. The first-order chi connectivity index (χ1) is 9.11. The average Bonchev–Trinajstić information content (AvgIpc) is 2.39. The summed E-state index contributed by atoms with van der Waals surface area (Å²) in [5.41, 5.74) is 2.17. The molecule has 0 spiro atoms. The second kappa shape index (κ2) is 6.68. The molecule has 0 bridgehead atoms. The zero-order chi connectivity index (χ0) is 13.8. The lowest BCUT2D eigenvalue weighted by molar-refractivity contribution is 0.582. The highest BCUT2D eigenvalue weighted by atomic mass is 127. The molecule has 0 amide bonds. The van der Waals surface area contributed by atoms with Crippen LogP contribution in [0.25, 0.3) is 0 Å². The minimum atomic E-state index is -0.208. The summed E-state index contributed by atoms with van der Waals surface area (Å²) >= 11 is 8.35. The Kier molecular flexibility index (Phi) is 5.19. The van der Waals surface area contributed by atoms with Gasteiger partial charge in [-0.1, -0.05) is 35.9 Å². The molecule has 0 saturated carbocycles. The van der Waals surface area contributed by atoms with Crippen molar-refractivity contribution in [1.29, 1.82) is 0 Å². The Morgan fingerprint density at radius 2 is 2.00 bits per heavy atom. The Hall–Kier alpha value is -0.650. The molecule has 19 heavy (non-hydrogen) atoms. The Morgan fingerprint density at radius 1 is 1.26 bits per heavy atom. The fourth-order valence-corrected chi connectivity index (χ4v) is 3.10. The fraction of sp³-hybridized carbons (Fsp3) is 0.200. The number of rotatable bonds is 4. The lowest BCUT2D eigenvalue weighted by Crippen LogP contribution is -2.20. The van der Waals surface area contributed by atoms with E-state index in [0.29, 0.717) is 0 Å². The second-order valence-corrected chi connectivity index (χ2v) is 5.87. The molecule has 1 unspecified atom stereocenters. The zero-order valence-corrected chi connectivity index (χ0v) is 13.4. The third-order valence-electron chi connectivity index (χ3n) is 3.07. The molecule has 2 aromatic rings. The van der Waals surface area contributed by atoms with Crippen molar-refractivity contribution in [2.45, 2.75) is 12.5 Å². The summed E-state index contributed by atoms with van der Waals surface area (Å²) in [4.78, 5) is 0. The van der Waals surface area contributed by atoms with E-state index in [4.69, 9.17) is 11.6 Å². The molecule has 0 aromatic heterocycles. The van der Waals surface area contributed by atoms with Crippen LogP contribution in [0.5, 0.6) is 0 Å². The van der Waals surface area contributed by atoms with Gasteiger partial charge < -0.3 is 5.32 Å². The van der Waals surface area contributed by atoms with Gasteiger partial charge in [0, 0.05) is 14.6 Å². The van der Waals surface area contributed by atoms with Gasteiger partial charge in [0.1, 0.15) is 5.82 Å². The highest BCUT2D eigenvalue weighted by molar-refractivity contribution is 14.1. The van der Waals surface area contributed by atoms with E-state index in [1.165, 1.54) is 6.07 Å². The second-order valence-electron chi connectivity index (χ2n) is 4.30. The highest BCUT2D eigenvalue weighted by Gasteiger charge is 2.15. The first kappa shape index (κ1) is 14.8. The van der Waals surface area contributed by atoms with Crippen LogP contribution in [0.15, 0.2) is 42.5 Å². The Balaban J connectivity index is 2.28. The van der Waals surface area contributed by atoms with Crippen molar-refractivity contribution in [3.8, 4) is 0 Å². The smallest absolute Gasteiger partial charge is 0.124 e. The number of likely N-dealkylation sites (N-methyl/N-ethyl adjacent to an activating group) is 1. The summed E-state index contributed by atoms with van der Waals surface area (Å²) in [6.45, 7) is 0. The van der Waals surface area contributed by atoms with E-state index in [0.717, 1.165) is 26.1 Å². The summed E-state index contributed by atoms with van der Waals surface area (Å²) in [5, 5.41) is 4.03. The molecular formula is C15H14ClFIN. The van der Waals surface area contributed by atoms with E-state index in [1.54, 1.807) is 6.07 Å². The maximum absolute atomic E-state index is 13.2. The van der Waals surface area contributed by atoms with Gasteiger partial charge in [-0.05, 0) is 65.4 Å². The lowest BCUT2D eigenvalue weighted by Gasteiger charge is -2.19. The van der Waals surface area contributed by atoms with Crippen LogP contribution in [0, 0.1) is 9.39 Å². The molecule has 0 aliphatic heterocycles. The first-order valence-electron chi connectivity index (χ1n) is 5.97. The van der Waals surface area contributed by atoms with Gasteiger partial charge in [-0.25, -0.2) is 4.39 Å². The van der Waals surface area contributed by atoms with Gasteiger partial charge in [-0.3, -0.25) is 0 Å². The Bertz CT molecular complexity index is 574. The minimum absolute atomic E-state index is 0.118. The quantitative estimate of drug-likeness (QED) is 0.754. The van der Waals surface area contributed by atoms with E-state index >= 15 is 0 Å². The van der Waals surface area contributed by atoms with Gasteiger partial charge in [-0.2, -0.15) is 0 Å². The van der Waals surface area contributed by atoms with Crippen LogP contribution in [0.4, 0.5) is 4.39 Å². The van der Waals surface area contributed by atoms with Crippen LogP contribution >= 0.6 is 34.2 Å². The van der Waals surface area contributed by atoms with E-state index in [9.17, 15) is 4.39 Å². The summed E-state index contributed by atoms with van der Waals surface area (Å²) in [6.07, 6.45) is 0.776. The van der Waals surface area contributed by atoms with Gasteiger partial charge in [0.2, 0.25) is 0 Å². The van der Waals surface area contributed by atoms with Gasteiger partial charge in [0.25, 0.3) is 0 Å². The number of hydrogen-bond acceptors (Lipinski definition) is 1. The van der Waals surface area contributed by atoms with Crippen LogP contribution in [-0.2, 0) is 6.42 Å². The molecule has 0 aliphatic rings. The van der Waals surface area contributed by atoms with Gasteiger partial charge in [-0.15, -0.1) is 0 Å². The highest BCUT2D eigenvalue weighted by Crippen LogP contribution is 2.26. The normalized spacial score (nSPS) is 12.4. The first-order valence-corrected chi connectivity index (χ1v) is 7.43. The number of halogens is 3. The summed E-state index contributed by atoms with van der Waals surface area (Å²) in [7, 11) is 1.90. The third-order valence-corrected chi connectivity index (χ3v) is 4.37. The topological polar surface area (TPSA) is 12.0 Å². The molecule has 0 radical (unpaired) electrons. The molecule has 4 heteroatoms. The summed E-state index contributed by atoms with van der Waals surface area (Å²) < 4.78 is 14.1. The minimum Gasteiger partial charge on any atom is -0.313 e. The molecule has 1 N–H and O–H groups in total. The van der Waals surface area contributed by atoms with E-state index in [2.05, 4.69) is 27.9 Å². The molecule has 0 aliphatic carbocycles. The van der Waals surface area contributed by atoms with Gasteiger partial charge >= 0.3 is 0 Å². The van der Waals surface area contributed by atoms with Crippen LogP contribution in [-0.4, -0.2) is 7.05 Å². The predicted molar refractivity (Wildman–Crippen MR) is 86.1 cm³/mol. The molecule has 2 aromatic carbocycles. The van der Waals surface area contributed by atoms with Crippen molar-refractivity contribution in [2.24, 2.45) is 0 Å². The SMILES string of the molecule is CNC(Cc1ccccc1Cl)c1ccc(F)cc1I. The van der Waals surface area contributed by atoms with Crippen molar-refractivity contribution < 1.29 is 4.39 Å². The summed E-state index contributed by atoms with van der Waals surface area (Å²) in [6, 6.07) is 12.8. The van der Waals surface area contributed by atoms with Gasteiger partial charge in [0.15, 0.2) is 0 Å². The van der Waals surface area contributed by atoms with Crippen LogP contribution in [0.2, 0.25) is 5.02 Å². The maximum atomic E-state index is 13.2. The monoisotopic (exact) mass is 389 g/mol. The van der Waals surface area contributed by atoms with Crippen LogP contribution < -0.4 is 5.32 Å². The van der Waals surface area contributed by atoms with Crippen LogP contribution in [0.3, 0.4) is 0 Å². The number of nitrogens with one attached hydrogen (secondary N) is 1. The van der Waals surface area contributed by atoms with Crippen molar-refractivity contribution in [1.82, 2.24) is 5.32 Å². The Morgan fingerprint density at radius 3 is 2.63 bits per heavy atom. The standard InChI is InChI=1S/C15H14ClFIN/c1-19-15(8-10-4-2-3-5-13(10)16)12-7-6-11(17)9-14(12)18/h2-7,9,15,19H,8H2,1H3. The molecule has 0 saturated heterocycles. The number of benzene rings is 2. The summed E-state index contributed by atoms with van der Waals surface area (Å²) in [5.74, 6) is -0.208. The molecule has 1 atom stereocenters. The van der Waals surface area contributed by atoms with E-state index in [-0.39, 0.29) is 11.9 Å². The molecule has 0 heterocycles. The van der Waals surface area contributed by atoms with Crippen molar-refractivity contribution in [2.75, 3.05) is 7.05 Å². The van der Waals surface area contributed by atoms with Crippen molar-refractivity contribution in [3.63, 3.8) is 0 Å². The molecule has 100 valence electrons. The predicted octanol–water partition coefficient (Wildman–Crippen LogP) is 4.59. The van der Waals surface area contributed by atoms with Crippen molar-refractivity contribution >= 4 is 34.2 Å². The third kappa shape index (κ3) is 3.68. The molecular weight excluding hydrogens is 376 g/mol. The largest absolute Gasteiger partial charge is 0.313 e. The van der Waals surface area contributed by atoms with Crippen LogP contribution in [0.1, 0.15) is 17.2 Å². The van der Waals surface area contributed by atoms with E-state index < -0.39 is 0 Å². The lowest BCUT2D eigenvalue weighted by atomic mass is 9.99. The Labute approximate surface area is 131 Å². The molecule has 2 rings (SSSR count). The zero-order valence-electron chi connectivity index (χ0n) is 10.5.